The highest BCUT2D eigenvalue weighted by Crippen LogP contribution is 2.38. The molecule has 196 valence electrons. The standard InChI is InChI=1S/C25H32N8O4/c1-24(2,3)17-10-18(37-32-17)30-23(36)29-15-8-6-14(7-9-15)19-16(22(35)31-25(4,5)12-34)11-33-20(19)21(26)27-13-28-33/h6-10,13,16,34H,11-12H2,1-5H3,(H,31,35)(H2,26,27,28)(H2,29,30,36). The van der Waals surface area contributed by atoms with Gasteiger partial charge >= 0.3 is 6.03 Å². The van der Waals surface area contributed by atoms with Gasteiger partial charge in [-0.15, -0.1) is 0 Å². The smallest absolute Gasteiger partial charge is 0.326 e. The fourth-order valence-electron chi connectivity index (χ4n) is 3.95. The number of fused-ring (bicyclic) bond motifs is 1. The molecule has 6 N–H and O–H groups in total. The summed E-state index contributed by atoms with van der Waals surface area (Å²) >= 11 is 0. The molecule has 1 aromatic carbocycles. The van der Waals surface area contributed by atoms with Gasteiger partial charge in [-0.25, -0.2) is 9.79 Å². The monoisotopic (exact) mass is 508 g/mol. The van der Waals surface area contributed by atoms with Crippen LogP contribution in [0.15, 0.2) is 50.6 Å². The summed E-state index contributed by atoms with van der Waals surface area (Å²) in [5.41, 5.74) is 8.37. The zero-order valence-electron chi connectivity index (χ0n) is 21.5. The minimum Gasteiger partial charge on any atom is -0.394 e. The van der Waals surface area contributed by atoms with Crippen LogP contribution in [0.1, 0.15) is 45.9 Å². The van der Waals surface area contributed by atoms with Gasteiger partial charge in [0.25, 0.3) is 0 Å². The zero-order valence-corrected chi connectivity index (χ0v) is 21.5. The molecule has 37 heavy (non-hydrogen) atoms. The second-order valence-corrected chi connectivity index (χ2v) is 10.7. The number of benzene rings is 1. The first kappa shape index (κ1) is 25.9. The molecule has 2 aliphatic rings. The minimum atomic E-state index is -0.794. The lowest BCUT2D eigenvalue weighted by molar-refractivity contribution is -0.125. The van der Waals surface area contributed by atoms with E-state index in [1.54, 1.807) is 49.2 Å². The van der Waals surface area contributed by atoms with E-state index in [4.69, 9.17) is 10.3 Å². The lowest BCUT2D eigenvalue weighted by Crippen LogP contribution is -2.49. The molecule has 4 rings (SSSR count). The number of rotatable bonds is 6. The largest absolute Gasteiger partial charge is 0.394 e. The van der Waals surface area contributed by atoms with E-state index in [0.29, 0.717) is 17.0 Å². The highest BCUT2D eigenvalue weighted by atomic mass is 16.5. The van der Waals surface area contributed by atoms with Crippen LogP contribution in [0.4, 0.5) is 16.4 Å². The van der Waals surface area contributed by atoms with Gasteiger partial charge in [-0.2, -0.15) is 5.10 Å². The molecule has 0 spiro atoms. The molecule has 3 amide bonds. The van der Waals surface area contributed by atoms with Crippen molar-refractivity contribution in [1.82, 2.24) is 15.5 Å². The van der Waals surface area contributed by atoms with Crippen molar-refractivity contribution < 1.29 is 19.2 Å². The molecule has 0 radical (unpaired) electrons. The highest BCUT2D eigenvalue weighted by Gasteiger charge is 2.40. The van der Waals surface area contributed by atoms with Crippen LogP contribution in [0.2, 0.25) is 0 Å². The maximum atomic E-state index is 13.2. The molecule has 0 bridgehead atoms. The first-order chi connectivity index (χ1) is 17.4. The molecule has 0 saturated carbocycles. The van der Waals surface area contributed by atoms with Crippen molar-refractivity contribution in [3.63, 3.8) is 0 Å². The summed E-state index contributed by atoms with van der Waals surface area (Å²) < 4.78 is 5.20. The van der Waals surface area contributed by atoms with Crippen LogP contribution in [-0.4, -0.2) is 58.1 Å². The van der Waals surface area contributed by atoms with Crippen molar-refractivity contribution in [2.45, 2.75) is 45.6 Å². The Hall–Kier alpha value is -4.19. The van der Waals surface area contributed by atoms with Crippen molar-refractivity contribution in [2.75, 3.05) is 23.8 Å². The minimum absolute atomic E-state index is 0.207. The number of aliphatic imine (C=N–C) groups is 1. The third-order valence-electron chi connectivity index (χ3n) is 5.99. The maximum Gasteiger partial charge on any atom is 0.326 e. The Balaban J connectivity index is 1.53. The summed E-state index contributed by atoms with van der Waals surface area (Å²) in [7, 11) is 0. The van der Waals surface area contributed by atoms with Crippen LogP contribution in [0, 0.1) is 5.92 Å². The molecule has 12 nitrogen and oxygen atoms in total. The van der Waals surface area contributed by atoms with Gasteiger partial charge in [-0.1, -0.05) is 38.1 Å². The molecule has 1 unspecified atom stereocenters. The second kappa shape index (κ2) is 9.69. The van der Waals surface area contributed by atoms with Crippen molar-refractivity contribution in [3.8, 4) is 0 Å². The normalized spacial score (nSPS) is 17.4. The van der Waals surface area contributed by atoms with Crippen molar-refractivity contribution in [2.24, 2.45) is 21.7 Å². The first-order valence-electron chi connectivity index (χ1n) is 11.8. The summed E-state index contributed by atoms with van der Waals surface area (Å²) in [6.45, 7) is 9.53. The third kappa shape index (κ3) is 5.64. The van der Waals surface area contributed by atoms with E-state index in [2.05, 4.69) is 31.2 Å². The van der Waals surface area contributed by atoms with Crippen LogP contribution in [0.25, 0.3) is 5.57 Å². The average Bonchev–Trinajstić information content (AvgIpc) is 3.45. The number of hydrazone groups is 1. The summed E-state index contributed by atoms with van der Waals surface area (Å²) in [6.07, 6.45) is 1.35. The topological polar surface area (TPSA) is 170 Å². The first-order valence-corrected chi connectivity index (χ1v) is 11.8. The summed E-state index contributed by atoms with van der Waals surface area (Å²) in [5, 5.41) is 27.8. The number of aliphatic hydroxyl groups excluding tert-OH is 1. The zero-order chi connectivity index (χ0) is 27.0. The molecular formula is C25H32N8O4. The van der Waals surface area contributed by atoms with E-state index < -0.39 is 17.5 Å². The van der Waals surface area contributed by atoms with Crippen molar-refractivity contribution in [3.05, 3.63) is 47.3 Å². The summed E-state index contributed by atoms with van der Waals surface area (Å²) in [5.74, 6) is -0.369. The molecule has 2 aliphatic heterocycles. The number of amides is 3. The molecule has 2 aromatic rings. The Morgan fingerprint density at radius 2 is 1.86 bits per heavy atom. The van der Waals surface area contributed by atoms with Gasteiger partial charge < -0.3 is 26.0 Å². The average molecular weight is 509 g/mol. The number of aliphatic hydroxyl groups is 1. The molecule has 1 aromatic heterocycles. The molecule has 0 fully saturated rings. The van der Waals surface area contributed by atoms with Gasteiger partial charge in [0.2, 0.25) is 11.8 Å². The Morgan fingerprint density at radius 3 is 2.49 bits per heavy atom. The number of nitrogens with one attached hydrogen (secondary N) is 3. The summed E-state index contributed by atoms with van der Waals surface area (Å²) in [6, 6.07) is 8.22. The Bertz CT molecular complexity index is 1280. The molecule has 0 saturated heterocycles. The van der Waals surface area contributed by atoms with Gasteiger partial charge in [0.15, 0.2) is 5.84 Å². The van der Waals surface area contributed by atoms with Gasteiger partial charge in [0, 0.05) is 22.7 Å². The predicted molar refractivity (Wildman–Crippen MR) is 141 cm³/mol. The van der Waals surface area contributed by atoms with E-state index in [-0.39, 0.29) is 36.2 Å². The van der Waals surface area contributed by atoms with Crippen LogP contribution >= 0.6 is 0 Å². The quantitative estimate of drug-likeness (QED) is 0.399. The number of urea groups is 1. The molecular weight excluding hydrogens is 476 g/mol. The van der Waals surface area contributed by atoms with Crippen molar-refractivity contribution in [1.29, 1.82) is 0 Å². The van der Waals surface area contributed by atoms with E-state index in [1.165, 1.54) is 6.34 Å². The Morgan fingerprint density at radius 1 is 1.16 bits per heavy atom. The number of amidine groups is 1. The van der Waals surface area contributed by atoms with E-state index >= 15 is 0 Å². The fraction of sp³-hybridized carbons (Fsp3) is 0.400. The Labute approximate surface area is 214 Å². The number of nitrogens with two attached hydrogens (primary N) is 1. The van der Waals surface area contributed by atoms with Crippen LogP contribution in [0.5, 0.6) is 0 Å². The highest BCUT2D eigenvalue weighted by molar-refractivity contribution is 6.11. The van der Waals surface area contributed by atoms with Gasteiger partial charge in [0.05, 0.1) is 30.3 Å². The molecule has 3 heterocycles. The molecule has 12 heteroatoms. The van der Waals surface area contributed by atoms with Gasteiger partial charge in [-0.05, 0) is 31.5 Å². The second-order valence-electron chi connectivity index (χ2n) is 10.7. The number of anilines is 2. The maximum absolute atomic E-state index is 13.2. The SMILES string of the molecule is CC(C)(CO)NC(=O)C1CN2N=CN=C(N)C2=C1c1ccc(NC(=O)Nc2cc(C(C)(C)C)no2)cc1. The van der Waals surface area contributed by atoms with E-state index in [9.17, 15) is 14.7 Å². The number of carbonyl (C=O) groups excluding carboxylic acids is 2. The molecule has 0 aliphatic carbocycles. The third-order valence-corrected chi connectivity index (χ3v) is 5.99. The predicted octanol–water partition coefficient (Wildman–Crippen LogP) is 2.46. The number of aromatic nitrogens is 1. The summed E-state index contributed by atoms with van der Waals surface area (Å²) in [4.78, 5) is 29.8. The van der Waals surface area contributed by atoms with Crippen LogP contribution < -0.4 is 21.7 Å². The number of hydrogen-bond donors (Lipinski definition) is 5. The van der Waals surface area contributed by atoms with Crippen LogP contribution in [-0.2, 0) is 10.2 Å². The number of nitrogens with zero attached hydrogens (tertiary/aromatic N) is 4. The van der Waals surface area contributed by atoms with Crippen molar-refractivity contribution >= 4 is 41.3 Å². The molecule has 1 atom stereocenters. The van der Waals surface area contributed by atoms with Gasteiger partial charge in [0.1, 0.15) is 12.0 Å². The lowest BCUT2D eigenvalue weighted by atomic mass is 9.91. The van der Waals surface area contributed by atoms with E-state index in [0.717, 1.165) is 11.3 Å². The van der Waals surface area contributed by atoms with Crippen LogP contribution in [0.3, 0.4) is 0 Å². The fourth-order valence-corrected chi connectivity index (χ4v) is 3.95. The number of carbonyl (C=O) groups is 2. The lowest BCUT2D eigenvalue weighted by Gasteiger charge is -2.26. The van der Waals surface area contributed by atoms with Gasteiger partial charge in [-0.3, -0.25) is 15.1 Å². The number of hydrogen-bond acceptors (Lipinski definition) is 9. The van der Waals surface area contributed by atoms with E-state index in [1.807, 2.05) is 20.8 Å². The Kier molecular flexibility index (Phi) is 6.78.